The summed E-state index contributed by atoms with van der Waals surface area (Å²) in [5, 5.41) is 8.79. The lowest BCUT2D eigenvalue weighted by Crippen LogP contribution is -2.41. The first kappa shape index (κ1) is 14.6. The number of ether oxygens (including phenoxy) is 1. The molecule has 0 aliphatic heterocycles. The minimum absolute atomic E-state index is 0.428. The van der Waals surface area contributed by atoms with Gasteiger partial charge in [0.15, 0.2) is 0 Å². The molecule has 0 saturated carbocycles. The van der Waals surface area contributed by atoms with Crippen LogP contribution in [0.5, 0.6) is 5.75 Å². The number of rotatable bonds is 4. The summed E-state index contributed by atoms with van der Waals surface area (Å²) in [7, 11) is 1.53. The topological polar surface area (TPSA) is 90.5 Å². The van der Waals surface area contributed by atoms with Crippen LogP contribution >= 0.6 is 0 Å². The predicted molar refractivity (Wildman–Crippen MR) is 75.2 cm³/mol. The van der Waals surface area contributed by atoms with Gasteiger partial charge in [0.2, 0.25) is 0 Å². The molecule has 0 spiro atoms. The van der Waals surface area contributed by atoms with Crippen molar-refractivity contribution in [2.45, 2.75) is 13.5 Å². The molecule has 1 aromatic carbocycles. The first-order valence-corrected chi connectivity index (χ1v) is 6.13. The molecule has 0 amide bonds. The number of aromatic nitrogens is 2. The molecule has 0 bridgehead atoms. The van der Waals surface area contributed by atoms with Gasteiger partial charge in [-0.2, -0.15) is 0 Å². The van der Waals surface area contributed by atoms with Crippen LogP contribution in [-0.2, 0) is 11.3 Å². The molecule has 1 aromatic heterocycles. The highest BCUT2D eigenvalue weighted by Crippen LogP contribution is 2.14. The third-order valence-corrected chi connectivity index (χ3v) is 3.00. The molecule has 2 rings (SSSR count). The normalized spacial score (nSPS) is 10.4. The van der Waals surface area contributed by atoms with Crippen LogP contribution in [0, 0.1) is 6.92 Å². The molecule has 1 N–H and O–H groups in total. The van der Waals surface area contributed by atoms with E-state index in [0.717, 1.165) is 0 Å². The number of aryl methyl sites for hydroxylation is 1. The minimum Gasteiger partial charge on any atom is -0.497 e. The molecule has 1 heterocycles. The summed E-state index contributed by atoms with van der Waals surface area (Å²) in [4.78, 5) is 34.8. The molecule has 110 valence electrons. The second-order valence-corrected chi connectivity index (χ2v) is 4.42. The highest BCUT2D eigenvalue weighted by molar-refractivity contribution is 5.66. The van der Waals surface area contributed by atoms with Crippen LogP contribution < -0.4 is 16.0 Å². The lowest BCUT2D eigenvalue weighted by molar-refractivity contribution is -0.137. The molecule has 0 saturated heterocycles. The van der Waals surface area contributed by atoms with Crippen LogP contribution in [0.15, 0.2) is 39.9 Å². The number of carboxylic acid groups (broad SMARTS) is 1. The molecule has 7 nitrogen and oxygen atoms in total. The van der Waals surface area contributed by atoms with Crippen LogP contribution in [0.4, 0.5) is 0 Å². The van der Waals surface area contributed by atoms with E-state index in [9.17, 15) is 14.4 Å². The zero-order valence-corrected chi connectivity index (χ0v) is 11.6. The van der Waals surface area contributed by atoms with E-state index in [1.54, 1.807) is 31.2 Å². The molecule has 2 aromatic rings. The fourth-order valence-corrected chi connectivity index (χ4v) is 2.01. The fraction of sp³-hybridized carbons (Fsp3) is 0.214. The van der Waals surface area contributed by atoms with Gasteiger partial charge in [-0.3, -0.25) is 14.2 Å². The monoisotopic (exact) mass is 290 g/mol. The van der Waals surface area contributed by atoms with Gasteiger partial charge in [-0.1, -0.05) is 0 Å². The van der Waals surface area contributed by atoms with Gasteiger partial charge in [-0.15, -0.1) is 0 Å². The quantitative estimate of drug-likeness (QED) is 0.880. The Morgan fingerprint density at radius 3 is 2.38 bits per heavy atom. The van der Waals surface area contributed by atoms with Gasteiger partial charge in [0.05, 0.1) is 12.8 Å². The van der Waals surface area contributed by atoms with Crippen molar-refractivity contribution in [3.63, 3.8) is 0 Å². The van der Waals surface area contributed by atoms with E-state index in [1.807, 2.05) is 0 Å². The molecule has 0 aliphatic carbocycles. The Balaban J connectivity index is 2.65. The largest absolute Gasteiger partial charge is 0.497 e. The number of carboxylic acids is 1. The van der Waals surface area contributed by atoms with Crippen LogP contribution in [0.3, 0.4) is 0 Å². The summed E-state index contributed by atoms with van der Waals surface area (Å²) in [6, 6.07) is 7.89. The average molecular weight is 290 g/mol. The van der Waals surface area contributed by atoms with E-state index in [4.69, 9.17) is 9.84 Å². The van der Waals surface area contributed by atoms with E-state index in [1.165, 1.54) is 17.7 Å². The highest BCUT2D eigenvalue weighted by atomic mass is 16.5. The predicted octanol–water partition coefficient (Wildman–Crippen LogP) is 0.401. The zero-order valence-electron chi connectivity index (χ0n) is 11.6. The van der Waals surface area contributed by atoms with Gasteiger partial charge in [0.1, 0.15) is 12.3 Å². The van der Waals surface area contributed by atoms with Crippen molar-refractivity contribution in [2.75, 3.05) is 7.11 Å². The van der Waals surface area contributed by atoms with Crippen molar-refractivity contribution in [1.82, 2.24) is 9.13 Å². The molecule has 0 aliphatic rings. The van der Waals surface area contributed by atoms with Crippen molar-refractivity contribution in [3.05, 3.63) is 56.9 Å². The molecular weight excluding hydrogens is 276 g/mol. The third-order valence-electron chi connectivity index (χ3n) is 3.00. The second-order valence-electron chi connectivity index (χ2n) is 4.42. The molecule has 0 atom stereocenters. The first-order valence-electron chi connectivity index (χ1n) is 6.13. The number of aliphatic carboxylic acids is 1. The SMILES string of the molecule is COc1ccc(-n2c(C)cc(=O)n(CC(=O)O)c2=O)cc1. The van der Waals surface area contributed by atoms with Gasteiger partial charge in [-0.25, -0.2) is 9.36 Å². The van der Waals surface area contributed by atoms with Crippen LogP contribution in [0.1, 0.15) is 5.69 Å². The number of hydrogen-bond donors (Lipinski definition) is 1. The maximum atomic E-state index is 12.3. The summed E-state index contributed by atoms with van der Waals surface area (Å²) in [5.41, 5.74) is -0.369. The maximum absolute atomic E-state index is 12.3. The Labute approximate surface area is 119 Å². The van der Waals surface area contributed by atoms with Gasteiger partial charge >= 0.3 is 11.7 Å². The number of methoxy groups -OCH3 is 1. The number of benzene rings is 1. The van der Waals surface area contributed by atoms with Gasteiger partial charge in [0, 0.05) is 11.8 Å². The van der Waals surface area contributed by atoms with Crippen molar-refractivity contribution in [1.29, 1.82) is 0 Å². The van der Waals surface area contributed by atoms with E-state index >= 15 is 0 Å². The lowest BCUT2D eigenvalue weighted by Gasteiger charge is -2.12. The van der Waals surface area contributed by atoms with Crippen molar-refractivity contribution < 1.29 is 14.6 Å². The molecule has 0 radical (unpaired) electrons. The Morgan fingerprint density at radius 2 is 1.86 bits per heavy atom. The molecule has 0 unspecified atom stereocenters. The number of hydrogen-bond acceptors (Lipinski definition) is 4. The van der Waals surface area contributed by atoms with Crippen molar-refractivity contribution in [2.24, 2.45) is 0 Å². The summed E-state index contributed by atoms with van der Waals surface area (Å²) in [5.74, 6) is -0.623. The molecule has 21 heavy (non-hydrogen) atoms. The van der Waals surface area contributed by atoms with Crippen LogP contribution in [0.2, 0.25) is 0 Å². The van der Waals surface area contributed by atoms with E-state index in [0.29, 0.717) is 21.7 Å². The minimum atomic E-state index is -1.25. The summed E-state index contributed by atoms with van der Waals surface area (Å²) >= 11 is 0. The first-order chi connectivity index (χ1) is 9.93. The number of nitrogens with zero attached hydrogens (tertiary/aromatic N) is 2. The third kappa shape index (κ3) is 2.86. The van der Waals surface area contributed by atoms with Crippen LogP contribution in [-0.4, -0.2) is 27.3 Å². The Morgan fingerprint density at radius 1 is 1.24 bits per heavy atom. The maximum Gasteiger partial charge on any atom is 0.336 e. The Bertz CT molecular complexity index is 786. The zero-order chi connectivity index (χ0) is 15.6. The highest BCUT2D eigenvalue weighted by Gasteiger charge is 2.12. The van der Waals surface area contributed by atoms with Crippen molar-refractivity contribution in [3.8, 4) is 11.4 Å². The van der Waals surface area contributed by atoms with E-state index < -0.39 is 23.8 Å². The number of carbonyl (C=O) groups is 1. The van der Waals surface area contributed by atoms with E-state index in [2.05, 4.69) is 0 Å². The molecular formula is C14H14N2O5. The lowest BCUT2D eigenvalue weighted by atomic mass is 10.3. The van der Waals surface area contributed by atoms with Crippen molar-refractivity contribution >= 4 is 5.97 Å². The summed E-state index contributed by atoms with van der Waals surface area (Å²) in [6.45, 7) is 0.937. The smallest absolute Gasteiger partial charge is 0.336 e. The molecule has 7 heteroatoms. The standard InChI is InChI=1S/C14H14N2O5/c1-9-7-12(17)15(8-13(18)19)14(20)16(9)10-3-5-11(21-2)6-4-10/h3-7H,8H2,1-2H3,(H,18,19). The molecule has 0 fully saturated rings. The fourth-order valence-electron chi connectivity index (χ4n) is 2.01. The van der Waals surface area contributed by atoms with Gasteiger partial charge < -0.3 is 9.84 Å². The Kier molecular flexibility index (Phi) is 3.93. The summed E-state index contributed by atoms with van der Waals surface area (Å²) in [6.07, 6.45) is 0. The van der Waals surface area contributed by atoms with Crippen LogP contribution in [0.25, 0.3) is 5.69 Å². The van der Waals surface area contributed by atoms with Gasteiger partial charge in [-0.05, 0) is 31.2 Å². The Hall–Kier alpha value is -2.83. The van der Waals surface area contributed by atoms with Gasteiger partial charge in [0.25, 0.3) is 5.56 Å². The van der Waals surface area contributed by atoms with E-state index in [-0.39, 0.29) is 0 Å². The second kappa shape index (κ2) is 5.66. The average Bonchev–Trinajstić information content (AvgIpc) is 2.44. The summed E-state index contributed by atoms with van der Waals surface area (Å²) < 4.78 is 7.00.